The largest absolute Gasteiger partial charge is 0.398 e. The summed E-state index contributed by atoms with van der Waals surface area (Å²) in [5.41, 5.74) is 18.1. The van der Waals surface area contributed by atoms with Crippen molar-refractivity contribution in [2.24, 2.45) is 11.5 Å². The van der Waals surface area contributed by atoms with Gasteiger partial charge in [0, 0.05) is 35.5 Å². The first-order chi connectivity index (χ1) is 8.11. The van der Waals surface area contributed by atoms with Crippen LogP contribution in [-0.2, 0) is 0 Å². The Morgan fingerprint density at radius 2 is 1.53 bits per heavy atom. The van der Waals surface area contributed by atoms with Crippen LogP contribution in [0.4, 0.5) is 5.69 Å². The van der Waals surface area contributed by atoms with Crippen LogP contribution in [0, 0.1) is 0 Å². The van der Waals surface area contributed by atoms with Crippen molar-refractivity contribution in [3.05, 3.63) is 40.5 Å². The number of hydrogen-bond donors (Lipinski definition) is 3. The van der Waals surface area contributed by atoms with Gasteiger partial charge in [0.05, 0.1) is 5.56 Å². The van der Waals surface area contributed by atoms with E-state index in [1.54, 1.807) is 18.2 Å². The highest BCUT2D eigenvalue weighted by Crippen LogP contribution is 2.29. The fraction of sp³-hybridized carbons (Fsp3) is 0.167. The molecule has 5 nitrogen and oxygen atoms in total. The summed E-state index contributed by atoms with van der Waals surface area (Å²) >= 11 is 0. The molecule has 5 heteroatoms. The van der Waals surface area contributed by atoms with Gasteiger partial charge in [-0.1, -0.05) is 12.1 Å². The van der Waals surface area contributed by atoms with Crippen molar-refractivity contribution in [1.82, 2.24) is 0 Å². The maximum Gasteiger partial charge on any atom is 0.193 e. The number of ketones is 2. The molecule has 0 spiro atoms. The molecule has 0 atom stereocenters. The van der Waals surface area contributed by atoms with Crippen molar-refractivity contribution in [1.29, 1.82) is 0 Å². The third kappa shape index (κ3) is 1.56. The fourth-order valence-electron chi connectivity index (χ4n) is 2.03. The van der Waals surface area contributed by atoms with E-state index >= 15 is 0 Å². The Hall–Kier alpha value is -1.98. The molecular formula is C12H13N3O2. The number of Topliss-reactive ketones (excluding diaryl/α,β-unsaturated/α-hetero) is 2. The average Bonchev–Trinajstić information content (AvgIpc) is 2.33. The summed E-state index contributed by atoms with van der Waals surface area (Å²) in [5.74, 6) is -0.546. The molecule has 0 fully saturated rings. The summed E-state index contributed by atoms with van der Waals surface area (Å²) in [4.78, 5) is 24.3. The first-order valence-corrected chi connectivity index (χ1v) is 5.21. The zero-order valence-electron chi connectivity index (χ0n) is 9.19. The molecule has 0 radical (unpaired) electrons. The third-order valence-electron chi connectivity index (χ3n) is 2.89. The van der Waals surface area contributed by atoms with Gasteiger partial charge in [-0.15, -0.1) is 0 Å². The zero-order valence-corrected chi connectivity index (χ0v) is 9.19. The summed E-state index contributed by atoms with van der Waals surface area (Å²) in [6.07, 6.45) is 0. The molecule has 0 saturated carbocycles. The molecule has 1 aromatic carbocycles. The fourth-order valence-corrected chi connectivity index (χ4v) is 2.03. The molecule has 1 aromatic rings. The van der Waals surface area contributed by atoms with E-state index in [2.05, 4.69) is 0 Å². The maximum absolute atomic E-state index is 12.2. The quantitative estimate of drug-likeness (QED) is 0.613. The lowest BCUT2D eigenvalue weighted by Crippen LogP contribution is -2.30. The van der Waals surface area contributed by atoms with E-state index in [1.165, 1.54) is 0 Å². The van der Waals surface area contributed by atoms with Gasteiger partial charge in [-0.3, -0.25) is 9.59 Å². The van der Waals surface area contributed by atoms with Crippen molar-refractivity contribution in [3.8, 4) is 0 Å². The summed E-state index contributed by atoms with van der Waals surface area (Å²) in [6, 6.07) is 4.81. The number of hydrogen-bond acceptors (Lipinski definition) is 5. The van der Waals surface area contributed by atoms with Gasteiger partial charge in [0.2, 0.25) is 0 Å². The Morgan fingerprint density at radius 3 is 2.12 bits per heavy atom. The minimum atomic E-state index is -0.291. The van der Waals surface area contributed by atoms with Gasteiger partial charge in [0.25, 0.3) is 0 Å². The standard InChI is InChI=1S/C12H13N3O2/c13-4-7-8(5-14)12(17)10-6(11(7)16)2-1-3-9(10)15/h1-3H,4-5,13-15H2. The number of carbonyl (C=O) groups is 2. The maximum atomic E-state index is 12.2. The molecule has 0 bridgehead atoms. The molecule has 0 saturated heterocycles. The zero-order chi connectivity index (χ0) is 12.6. The molecule has 17 heavy (non-hydrogen) atoms. The summed E-state index contributed by atoms with van der Waals surface area (Å²) in [5, 5.41) is 0. The van der Waals surface area contributed by atoms with Gasteiger partial charge in [0.15, 0.2) is 11.6 Å². The highest BCUT2D eigenvalue weighted by molar-refractivity contribution is 6.28. The minimum absolute atomic E-state index is 0.00530. The van der Waals surface area contributed by atoms with Crippen molar-refractivity contribution >= 4 is 17.3 Å². The Balaban J connectivity index is 2.73. The van der Waals surface area contributed by atoms with E-state index < -0.39 is 0 Å². The molecule has 6 N–H and O–H groups in total. The van der Waals surface area contributed by atoms with Gasteiger partial charge in [-0.2, -0.15) is 0 Å². The molecule has 0 heterocycles. The van der Waals surface area contributed by atoms with Crippen LogP contribution in [0.5, 0.6) is 0 Å². The highest BCUT2D eigenvalue weighted by atomic mass is 16.1. The molecule has 0 amide bonds. The van der Waals surface area contributed by atoms with Crippen LogP contribution < -0.4 is 17.2 Å². The first-order valence-electron chi connectivity index (χ1n) is 5.21. The van der Waals surface area contributed by atoms with Crippen molar-refractivity contribution < 1.29 is 9.59 Å². The topological polar surface area (TPSA) is 112 Å². The van der Waals surface area contributed by atoms with E-state index in [-0.39, 0.29) is 41.4 Å². The van der Waals surface area contributed by atoms with Crippen LogP contribution in [-0.4, -0.2) is 24.7 Å². The van der Waals surface area contributed by atoms with Gasteiger partial charge in [-0.25, -0.2) is 0 Å². The first kappa shape index (κ1) is 11.5. The van der Waals surface area contributed by atoms with Gasteiger partial charge in [-0.05, 0) is 6.07 Å². The number of benzene rings is 1. The summed E-state index contributed by atoms with van der Waals surface area (Å²) < 4.78 is 0. The smallest absolute Gasteiger partial charge is 0.193 e. The lowest BCUT2D eigenvalue weighted by atomic mass is 9.83. The number of carbonyl (C=O) groups excluding carboxylic acids is 2. The van der Waals surface area contributed by atoms with E-state index in [0.717, 1.165) is 0 Å². The molecule has 88 valence electrons. The second kappa shape index (κ2) is 4.12. The van der Waals surface area contributed by atoms with E-state index in [9.17, 15) is 9.59 Å². The molecule has 1 aliphatic carbocycles. The predicted octanol–water partition coefficient (Wildman–Crippen LogP) is -0.138. The number of nitrogen functional groups attached to an aromatic ring is 1. The average molecular weight is 231 g/mol. The summed E-state index contributed by atoms with van der Waals surface area (Å²) in [6.45, 7) is -0.00374. The van der Waals surface area contributed by atoms with Crippen LogP contribution in [0.3, 0.4) is 0 Å². The molecule has 0 aromatic heterocycles. The molecule has 0 aliphatic heterocycles. The minimum Gasteiger partial charge on any atom is -0.398 e. The van der Waals surface area contributed by atoms with Crippen LogP contribution in [0.25, 0.3) is 0 Å². The van der Waals surface area contributed by atoms with Crippen molar-refractivity contribution in [3.63, 3.8) is 0 Å². The number of fused-ring (bicyclic) bond motifs is 1. The predicted molar refractivity (Wildman–Crippen MR) is 64.7 cm³/mol. The van der Waals surface area contributed by atoms with E-state index in [0.29, 0.717) is 11.3 Å². The molecule has 2 rings (SSSR count). The number of rotatable bonds is 2. The Bertz CT molecular complexity index is 547. The molecular weight excluding hydrogens is 218 g/mol. The lowest BCUT2D eigenvalue weighted by molar-refractivity contribution is 0.0973. The molecule has 0 unspecified atom stereocenters. The Kier molecular flexibility index (Phi) is 2.79. The Morgan fingerprint density at radius 1 is 0.941 bits per heavy atom. The van der Waals surface area contributed by atoms with Crippen LogP contribution in [0.2, 0.25) is 0 Å². The Labute approximate surface area is 98.3 Å². The third-order valence-corrected chi connectivity index (χ3v) is 2.89. The van der Waals surface area contributed by atoms with Gasteiger partial charge < -0.3 is 17.2 Å². The second-order valence-electron chi connectivity index (χ2n) is 3.79. The monoisotopic (exact) mass is 231 g/mol. The van der Waals surface area contributed by atoms with Crippen LogP contribution >= 0.6 is 0 Å². The second-order valence-corrected chi connectivity index (χ2v) is 3.79. The van der Waals surface area contributed by atoms with Gasteiger partial charge in [0.1, 0.15) is 0 Å². The van der Waals surface area contributed by atoms with Crippen molar-refractivity contribution in [2.75, 3.05) is 18.8 Å². The van der Waals surface area contributed by atoms with Crippen LogP contribution in [0.15, 0.2) is 29.3 Å². The van der Waals surface area contributed by atoms with E-state index in [1.807, 2.05) is 0 Å². The van der Waals surface area contributed by atoms with Crippen LogP contribution in [0.1, 0.15) is 20.7 Å². The summed E-state index contributed by atoms with van der Waals surface area (Å²) in [7, 11) is 0. The number of anilines is 1. The highest BCUT2D eigenvalue weighted by Gasteiger charge is 2.31. The van der Waals surface area contributed by atoms with E-state index in [4.69, 9.17) is 17.2 Å². The molecule has 1 aliphatic rings. The lowest BCUT2D eigenvalue weighted by Gasteiger charge is -2.20. The normalized spacial score (nSPS) is 15.2. The van der Waals surface area contributed by atoms with Gasteiger partial charge >= 0.3 is 0 Å². The number of nitrogens with two attached hydrogens (primary N) is 3. The SMILES string of the molecule is NCC1=C(CN)C(=O)c2c(N)cccc2C1=O. The van der Waals surface area contributed by atoms with Crippen molar-refractivity contribution in [2.45, 2.75) is 0 Å².